The molecule has 2 saturated heterocycles. The predicted molar refractivity (Wildman–Crippen MR) is 95.8 cm³/mol. The summed E-state index contributed by atoms with van der Waals surface area (Å²) in [5, 5.41) is 4.63. The number of nitrogens with zero attached hydrogens (tertiary/aromatic N) is 3. The van der Waals surface area contributed by atoms with Crippen LogP contribution in [-0.2, 0) is 9.47 Å². The number of amides is 1. The lowest BCUT2D eigenvalue weighted by Crippen LogP contribution is -2.46. The first kappa shape index (κ1) is 18.2. The topological polar surface area (TPSA) is 56.6 Å². The molecule has 3 atom stereocenters. The molecule has 0 spiro atoms. The molecule has 3 rings (SSSR count). The van der Waals surface area contributed by atoms with Gasteiger partial charge < -0.3 is 14.4 Å². The van der Waals surface area contributed by atoms with Crippen LogP contribution in [0.4, 0.5) is 4.79 Å². The minimum atomic E-state index is -0.453. The van der Waals surface area contributed by atoms with E-state index in [0.717, 1.165) is 39.0 Å². The average Bonchev–Trinajstić information content (AvgIpc) is 3.14. The van der Waals surface area contributed by atoms with Gasteiger partial charge in [-0.2, -0.15) is 5.10 Å². The smallest absolute Gasteiger partial charge is 0.410 e. The van der Waals surface area contributed by atoms with E-state index in [1.807, 2.05) is 31.9 Å². The van der Waals surface area contributed by atoms with Crippen LogP contribution in [0.15, 0.2) is 6.20 Å². The lowest BCUT2D eigenvalue weighted by molar-refractivity contribution is 0.0100. The van der Waals surface area contributed by atoms with Crippen LogP contribution in [0, 0.1) is 6.92 Å². The normalized spacial score (nSPS) is 27.6. The minimum Gasteiger partial charge on any atom is -0.444 e. The number of aromatic nitrogens is 2. The van der Waals surface area contributed by atoms with Gasteiger partial charge in [0.1, 0.15) is 5.60 Å². The van der Waals surface area contributed by atoms with Crippen molar-refractivity contribution in [2.75, 3.05) is 19.8 Å². The molecule has 0 aromatic carbocycles. The van der Waals surface area contributed by atoms with E-state index in [1.54, 1.807) is 0 Å². The summed E-state index contributed by atoms with van der Waals surface area (Å²) in [5.74, 6) is 0.428. The Bertz CT molecular complexity index is 614. The Balaban J connectivity index is 1.71. The van der Waals surface area contributed by atoms with Crippen LogP contribution < -0.4 is 0 Å². The summed E-state index contributed by atoms with van der Waals surface area (Å²) in [7, 11) is 0. The van der Waals surface area contributed by atoms with Crippen molar-refractivity contribution in [3.63, 3.8) is 0 Å². The highest BCUT2D eigenvalue weighted by molar-refractivity contribution is 5.68. The van der Waals surface area contributed by atoms with Gasteiger partial charge in [0.15, 0.2) is 0 Å². The standard InChI is InChI=1S/C19H31N3O3/c1-13-11-20-22(16-7-9-24-12-16)17(13)15-6-8-21(14(2)10-15)18(23)25-19(3,4)5/h11,14-16H,6-10,12H2,1-5H3/t14-,15?,16+/m1/s1. The third kappa shape index (κ3) is 4.00. The van der Waals surface area contributed by atoms with Gasteiger partial charge in [-0.3, -0.25) is 4.68 Å². The molecule has 25 heavy (non-hydrogen) atoms. The third-order valence-corrected chi connectivity index (χ3v) is 5.17. The Morgan fingerprint density at radius 2 is 2.12 bits per heavy atom. The van der Waals surface area contributed by atoms with Crippen molar-refractivity contribution in [1.29, 1.82) is 0 Å². The molecule has 2 aliphatic rings. The van der Waals surface area contributed by atoms with Crippen molar-refractivity contribution >= 4 is 6.09 Å². The molecule has 0 saturated carbocycles. The third-order valence-electron chi connectivity index (χ3n) is 5.17. The van der Waals surface area contributed by atoms with Crippen LogP contribution in [0.5, 0.6) is 0 Å². The van der Waals surface area contributed by atoms with Gasteiger partial charge in [0.2, 0.25) is 0 Å². The molecule has 140 valence electrons. The summed E-state index contributed by atoms with van der Waals surface area (Å²) in [5.41, 5.74) is 2.12. The van der Waals surface area contributed by atoms with E-state index in [0.29, 0.717) is 12.0 Å². The summed E-state index contributed by atoms with van der Waals surface area (Å²) in [6, 6.07) is 0.513. The first-order valence-corrected chi connectivity index (χ1v) is 9.37. The van der Waals surface area contributed by atoms with E-state index in [-0.39, 0.29) is 12.1 Å². The molecule has 0 aliphatic carbocycles. The Kier molecular flexibility index (Phi) is 5.09. The van der Waals surface area contributed by atoms with E-state index in [9.17, 15) is 4.79 Å². The number of hydrogen-bond acceptors (Lipinski definition) is 4. The second-order valence-electron chi connectivity index (χ2n) is 8.42. The van der Waals surface area contributed by atoms with Crippen LogP contribution in [-0.4, -0.2) is 52.2 Å². The molecule has 1 unspecified atom stereocenters. The number of ether oxygens (including phenoxy) is 2. The van der Waals surface area contributed by atoms with Gasteiger partial charge in [-0.15, -0.1) is 0 Å². The number of rotatable bonds is 2. The monoisotopic (exact) mass is 349 g/mol. The molecule has 3 heterocycles. The first-order valence-electron chi connectivity index (χ1n) is 9.37. The number of carbonyl (C=O) groups is 1. The van der Waals surface area contributed by atoms with Gasteiger partial charge in [-0.05, 0) is 59.4 Å². The lowest BCUT2D eigenvalue weighted by atomic mass is 9.87. The van der Waals surface area contributed by atoms with E-state index in [2.05, 4.69) is 23.6 Å². The fourth-order valence-electron chi connectivity index (χ4n) is 3.99. The minimum absolute atomic E-state index is 0.163. The number of carbonyl (C=O) groups excluding carboxylic acids is 1. The van der Waals surface area contributed by atoms with Crippen LogP contribution in [0.25, 0.3) is 0 Å². The van der Waals surface area contributed by atoms with Crippen molar-refractivity contribution in [3.05, 3.63) is 17.5 Å². The molecule has 0 N–H and O–H groups in total. The van der Waals surface area contributed by atoms with Crippen LogP contribution in [0.2, 0.25) is 0 Å². The highest BCUT2D eigenvalue weighted by atomic mass is 16.6. The SMILES string of the molecule is Cc1cnn([C@H]2CCOC2)c1C1CCN(C(=O)OC(C)(C)C)[C@H](C)C1. The number of hydrogen-bond donors (Lipinski definition) is 0. The summed E-state index contributed by atoms with van der Waals surface area (Å²) in [6.45, 7) is 12.3. The molecule has 2 fully saturated rings. The Labute approximate surface area is 150 Å². The van der Waals surface area contributed by atoms with Crippen LogP contribution >= 0.6 is 0 Å². The Morgan fingerprint density at radius 3 is 2.72 bits per heavy atom. The highest BCUT2D eigenvalue weighted by Gasteiger charge is 2.35. The largest absolute Gasteiger partial charge is 0.444 e. The van der Waals surface area contributed by atoms with Crippen LogP contribution in [0.1, 0.15) is 70.2 Å². The zero-order valence-electron chi connectivity index (χ0n) is 16.1. The zero-order chi connectivity index (χ0) is 18.2. The van der Waals surface area contributed by atoms with Gasteiger partial charge in [0.05, 0.1) is 18.8 Å². The van der Waals surface area contributed by atoms with E-state index < -0.39 is 5.60 Å². The fraction of sp³-hybridized carbons (Fsp3) is 0.789. The van der Waals surface area contributed by atoms with Crippen LogP contribution in [0.3, 0.4) is 0 Å². The van der Waals surface area contributed by atoms with Gasteiger partial charge in [-0.25, -0.2) is 4.79 Å². The van der Waals surface area contributed by atoms with Crippen molar-refractivity contribution in [2.24, 2.45) is 0 Å². The molecule has 1 amide bonds. The molecule has 1 aromatic rings. The average molecular weight is 349 g/mol. The van der Waals surface area contributed by atoms with E-state index >= 15 is 0 Å². The van der Waals surface area contributed by atoms with Crippen molar-refractivity contribution in [1.82, 2.24) is 14.7 Å². The summed E-state index contributed by atoms with van der Waals surface area (Å²) in [4.78, 5) is 14.3. The number of piperidine rings is 1. The highest BCUT2D eigenvalue weighted by Crippen LogP contribution is 2.36. The van der Waals surface area contributed by atoms with Crippen molar-refractivity contribution in [3.8, 4) is 0 Å². The maximum absolute atomic E-state index is 12.4. The molecular weight excluding hydrogens is 318 g/mol. The maximum Gasteiger partial charge on any atom is 0.410 e. The summed E-state index contributed by atoms with van der Waals surface area (Å²) in [6.07, 6.45) is 4.69. The van der Waals surface area contributed by atoms with Gasteiger partial charge in [-0.1, -0.05) is 0 Å². The molecule has 0 radical (unpaired) electrons. The summed E-state index contributed by atoms with van der Waals surface area (Å²) < 4.78 is 13.3. The second kappa shape index (κ2) is 6.98. The first-order chi connectivity index (χ1) is 11.8. The van der Waals surface area contributed by atoms with Gasteiger partial charge >= 0.3 is 6.09 Å². The molecule has 6 heteroatoms. The van der Waals surface area contributed by atoms with Crippen molar-refractivity contribution < 1.29 is 14.3 Å². The van der Waals surface area contributed by atoms with E-state index in [4.69, 9.17) is 9.47 Å². The Hall–Kier alpha value is -1.56. The molecule has 2 aliphatic heterocycles. The van der Waals surface area contributed by atoms with E-state index in [1.165, 1.54) is 11.3 Å². The molecule has 0 bridgehead atoms. The molecular formula is C19H31N3O3. The van der Waals surface area contributed by atoms with Gasteiger partial charge in [0, 0.05) is 30.8 Å². The van der Waals surface area contributed by atoms with Gasteiger partial charge in [0.25, 0.3) is 0 Å². The van der Waals surface area contributed by atoms with Crippen molar-refractivity contribution in [2.45, 2.75) is 77.5 Å². The predicted octanol–water partition coefficient (Wildman–Crippen LogP) is 3.66. The lowest BCUT2D eigenvalue weighted by Gasteiger charge is -2.39. The maximum atomic E-state index is 12.4. The second-order valence-corrected chi connectivity index (χ2v) is 8.42. The summed E-state index contributed by atoms with van der Waals surface area (Å²) >= 11 is 0. The fourth-order valence-corrected chi connectivity index (χ4v) is 3.99. The number of likely N-dealkylation sites (tertiary alicyclic amines) is 1. The Morgan fingerprint density at radius 1 is 1.36 bits per heavy atom. The quantitative estimate of drug-likeness (QED) is 0.818. The molecule has 6 nitrogen and oxygen atoms in total. The zero-order valence-corrected chi connectivity index (χ0v) is 16.1. The molecule has 1 aromatic heterocycles. The number of aryl methyl sites for hydroxylation is 1.